The van der Waals surface area contributed by atoms with E-state index in [0.29, 0.717) is 19.3 Å². The van der Waals surface area contributed by atoms with Crippen molar-refractivity contribution >= 4 is 23.7 Å². The third kappa shape index (κ3) is 11.2. The second kappa shape index (κ2) is 15.8. The van der Waals surface area contributed by atoms with Crippen LogP contribution in [0, 0.1) is 5.92 Å². The smallest absolute Gasteiger partial charge is 0.408 e. The molecule has 0 aliphatic rings. The van der Waals surface area contributed by atoms with Crippen LogP contribution in [0.2, 0.25) is 0 Å². The van der Waals surface area contributed by atoms with Gasteiger partial charge in [0.25, 0.3) is 0 Å². The largest absolute Gasteiger partial charge is 0.444 e. The lowest BCUT2D eigenvalue weighted by Gasteiger charge is -2.29. The number of carbonyl (C=O) groups is 4. The number of nitrogens with one attached hydrogen (secondary N) is 3. The van der Waals surface area contributed by atoms with Crippen molar-refractivity contribution in [1.29, 1.82) is 0 Å². The average Bonchev–Trinajstić information content (AvgIpc) is 2.92. The predicted octanol–water partition coefficient (Wildman–Crippen LogP) is 3.33. The molecular weight excluding hydrogens is 510 g/mol. The molecule has 4 N–H and O–H groups in total. The van der Waals surface area contributed by atoms with Gasteiger partial charge in [0, 0.05) is 6.42 Å². The van der Waals surface area contributed by atoms with Crippen molar-refractivity contribution in [2.45, 2.75) is 84.0 Å². The van der Waals surface area contributed by atoms with Crippen molar-refractivity contribution in [3.05, 3.63) is 71.8 Å². The Morgan fingerprint density at radius 1 is 0.825 bits per heavy atom. The lowest BCUT2D eigenvalue weighted by atomic mass is 9.96. The maximum atomic E-state index is 13.5. The number of Topliss-reactive ketones (excluding diaryl/α,β-unsaturated/α-hetero) is 1. The van der Waals surface area contributed by atoms with Crippen molar-refractivity contribution < 1.29 is 29.0 Å². The fourth-order valence-electron chi connectivity index (χ4n) is 4.11. The number of hydrogen-bond donors (Lipinski definition) is 4. The highest BCUT2D eigenvalue weighted by atomic mass is 16.6. The maximum Gasteiger partial charge on any atom is 0.408 e. The summed E-state index contributed by atoms with van der Waals surface area (Å²) < 4.78 is 5.36. The van der Waals surface area contributed by atoms with E-state index in [1.807, 2.05) is 74.5 Å². The molecule has 0 saturated carbocycles. The summed E-state index contributed by atoms with van der Waals surface area (Å²) in [5.41, 5.74) is 1.05. The number of aliphatic hydroxyl groups excluding tert-OH is 1. The van der Waals surface area contributed by atoms with E-state index in [9.17, 15) is 24.3 Å². The number of ketones is 1. The number of benzene rings is 2. The molecule has 2 aromatic rings. The van der Waals surface area contributed by atoms with Gasteiger partial charge < -0.3 is 25.8 Å². The highest BCUT2D eigenvalue weighted by Crippen LogP contribution is 2.13. The molecule has 0 aliphatic carbocycles. The van der Waals surface area contributed by atoms with Crippen molar-refractivity contribution in [3.8, 4) is 0 Å². The molecule has 218 valence electrons. The summed E-state index contributed by atoms with van der Waals surface area (Å²) in [6.45, 7) is 8.19. The minimum atomic E-state index is -1.01. The van der Waals surface area contributed by atoms with E-state index in [4.69, 9.17) is 4.74 Å². The molecule has 0 aliphatic heterocycles. The quantitative estimate of drug-likeness (QED) is 0.284. The molecule has 0 radical (unpaired) electrons. The molecule has 0 heterocycles. The number of carbonyl (C=O) groups excluding carboxylic acids is 4. The zero-order valence-electron chi connectivity index (χ0n) is 24.1. The lowest BCUT2D eigenvalue weighted by Crippen LogP contribution is -2.58. The highest BCUT2D eigenvalue weighted by Gasteiger charge is 2.33. The van der Waals surface area contributed by atoms with Crippen LogP contribution in [0.4, 0.5) is 4.79 Å². The van der Waals surface area contributed by atoms with Gasteiger partial charge in [0.1, 0.15) is 24.3 Å². The average molecular weight is 554 g/mol. The van der Waals surface area contributed by atoms with Crippen molar-refractivity contribution in [3.63, 3.8) is 0 Å². The van der Waals surface area contributed by atoms with Crippen LogP contribution in [0.5, 0.6) is 0 Å². The van der Waals surface area contributed by atoms with Crippen molar-refractivity contribution in [2.75, 3.05) is 6.61 Å². The van der Waals surface area contributed by atoms with E-state index >= 15 is 0 Å². The summed E-state index contributed by atoms with van der Waals surface area (Å²) in [6, 6.07) is 15.8. The summed E-state index contributed by atoms with van der Waals surface area (Å²) in [6.07, 6.45) is 0.833. The van der Waals surface area contributed by atoms with E-state index in [0.717, 1.165) is 11.1 Å². The zero-order valence-corrected chi connectivity index (χ0v) is 24.1. The first kappa shape index (κ1) is 32.5. The van der Waals surface area contributed by atoms with Crippen molar-refractivity contribution in [2.24, 2.45) is 5.92 Å². The van der Waals surface area contributed by atoms with Crippen LogP contribution in [0.1, 0.15) is 58.6 Å². The Hall–Kier alpha value is -3.72. The van der Waals surface area contributed by atoms with Gasteiger partial charge in [-0.1, -0.05) is 80.9 Å². The Bertz CT molecular complexity index is 1100. The Labute approximate surface area is 237 Å². The molecule has 4 unspecified atom stereocenters. The molecule has 0 spiro atoms. The van der Waals surface area contributed by atoms with Gasteiger partial charge in [-0.3, -0.25) is 14.4 Å². The minimum absolute atomic E-state index is 0.184. The summed E-state index contributed by atoms with van der Waals surface area (Å²) >= 11 is 0. The summed E-state index contributed by atoms with van der Waals surface area (Å²) in [7, 11) is 0. The number of ether oxygens (including phenoxy) is 1. The number of alkyl carbamates (subject to hydrolysis) is 1. The molecule has 0 saturated heterocycles. The topological polar surface area (TPSA) is 134 Å². The van der Waals surface area contributed by atoms with Crippen LogP contribution in [-0.4, -0.2) is 59.1 Å². The van der Waals surface area contributed by atoms with Crippen LogP contribution >= 0.6 is 0 Å². The highest BCUT2D eigenvalue weighted by molar-refractivity contribution is 5.94. The van der Waals surface area contributed by atoms with Gasteiger partial charge in [-0.25, -0.2) is 4.79 Å². The Morgan fingerprint density at radius 3 is 1.93 bits per heavy atom. The van der Waals surface area contributed by atoms with E-state index in [-0.39, 0.29) is 12.3 Å². The van der Waals surface area contributed by atoms with E-state index < -0.39 is 54.0 Å². The van der Waals surface area contributed by atoms with E-state index in [2.05, 4.69) is 16.0 Å². The standard InChI is InChI=1S/C31H43N3O6/c1-6-21(2)27(29(38)32-24(26(36)20-35)18-17-22-13-9-7-10-14-22)34-28(37)25(19-23-15-11-8-12-16-23)33-30(39)40-31(3,4)5/h7-16,21,24-25,27,35H,6,17-20H2,1-5H3,(H,32,38)(H,33,39)(H,34,37). The molecule has 9 heteroatoms. The molecule has 2 rings (SSSR count). The molecule has 4 atom stereocenters. The molecular formula is C31H43N3O6. The summed E-state index contributed by atoms with van der Waals surface area (Å²) in [5, 5.41) is 17.7. The minimum Gasteiger partial charge on any atom is -0.444 e. The molecule has 0 fully saturated rings. The van der Waals surface area contributed by atoms with Crippen LogP contribution in [-0.2, 0) is 32.0 Å². The molecule has 0 aromatic heterocycles. The van der Waals surface area contributed by atoms with Gasteiger partial charge in [0.05, 0.1) is 6.04 Å². The first-order valence-corrected chi connectivity index (χ1v) is 13.7. The van der Waals surface area contributed by atoms with Crippen molar-refractivity contribution in [1.82, 2.24) is 16.0 Å². The Kier molecular flexibility index (Phi) is 12.8. The normalized spacial score (nSPS) is 14.2. The number of rotatable bonds is 14. The summed E-state index contributed by atoms with van der Waals surface area (Å²) in [5.74, 6) is -1.86. The number of amides is 3. The first-order valence-electron chi connectivity index (χ1n) is 13.7. The van der Waals surface area contributed by atoms with Crippen LogP contribution in [0.3, 0.4) is 0 Å². The van der Waals surface area contributed by atoms with Crippen LogP contribution in [0.25, 0.3) is 0 Å². The van der Waals surface area contributed by atoms with E-state index in [1.165, 1.54) is 0 Å². The molecule has 0 bridgehead atoms. The second-order valence-corrected chi connectivity index (χ2v) is 11.0. The first-order chi connectivity index (χ1) is 18.9. The van der Waals surface area contributed by atoms with E-state index in [1.54, 1.807) is 20.8 Å². The van der Waals surface area contributed by atoms with Gasteiger partial charge in [-0.15, -0.1) is 0 Å². The Balaban J connectivity index is 2.21. The van der Waals surface area contributed by atoms with Crippen LogP contribution < -0.4 is 16.0 Å². The Morgan fingerprint density at radius 2 is 1.40 bits per heavy atom. The fraction of sp³-hybridized carbons (Fsp3) is 0.484. The van der Waals surface area contributed by atoms with Crippen LogP contribution in [0.15, 0.2) is 60.7 Å². The van der Waals surface area contributed by atoms with Gasteiger partial charge in [0.2, 0.25) is 11.8 Å². The number of aliphatic hydroxyl groups is 1. The van der Waals surface area contributed by atoms with Gasteiger partial charge in [-0.2, -0.15) is 0 Å². The summed E-state index contributed by atoms with van der Waals surface area (Å²) in [4.78, 5) is 52.0. The molecule has 2 aromatic carbocycles. The number of hydrogen-bond acceptors (Lipinski definition) is 6. The lowest BCUT2D eigenvalue weighted by molar-refractivity contribution is -0.133. The third-order valence-electron chi connectivity index (χ3n) is 6.51. The molecule has 9 nitrogen and oxygen atoms in total. The monoisotopic (exact) mass is 553 g/mol. The van der Waals surface area contributed by atoms with Gasteiger partial charge >= 0.3 is 6.09 Å². The van der Waals surface area contributed by atoms with Gasteiger partial charge in [-0.05, 0) is 50.7 Å². The molecule has 3 amide bonds. The maximum absolute atomic E-state index is 13.5. The number of aryl methyl sites for hydroxylation is 1. The second-order valence-electron chi connectivity index (χ2n) is 11.0. The zero-order chi connectivity index (χ0) is 29.7. The molecule has 40 heavy (non-hydrogen) atoms. The fourth-order valence-corrected chi connectivity index (χ4v) is 4.11. The predicted molar refractivity (Wildman–Crippen MR) is 153 cm³/mol. The third-order valence-corrected chi connectivity index (χ3v) is 6.51. The SMILES string of the molecule is CCC(C)C(NC(=O)C(Cc1ccccc1)NC(=O)OC(C)(C)C)C(=O)NC(CCc1ccccc1)C(=O)CO. The van der Waals surface area contributed by atoms with Gasteiger partial charge in [0.15, 0.2) is 5.78 Å².